The molecule has 0 saturated heterocycles. The summed E-state index contributed by atoms with van der Waals surface area (Å²) in [5.74, 6) is 0.257. The van der Waals surface area contributed by atoms with E-state index in [1.807, 2.05) is 18.9 Å². The number of likely N-dealkylation sites (N-methyl/N-ethyl adjacent to an activating group) is 1. The average molecular weight is 315 g/mol. The van der Waals surface area contributed by atoms with E-state index in [0.29, 0.717) is 19.6 Å². The number of aromatic hydroxyl groups is 1. The highest BCUT2D eigenvalue weighted by atomic mass is 79.9. The number of hydrogen-bond acceptors (Lipinski definition) is 3. The lowest BCUT2D eigenvalue weighted by Crippen LogP contribution is -2.35. The summed E-state index contributed by atoms with van der Waals surface area (Å²) in [7, 11) is 1.88. The Bertz CT molecular complexity index is 410. The number of phenolic OH excluding ortho intramolecular Hbond substituents is 1. The number of halogens is 1. The zero-order valence-corrected chi connectivity index (χ0v) is 12.3. The van der Waals surface area contributed by atoms with Crippen molar-refractivity contribution in [2.24, 2.45) is 0 Å². The fourth-order valence-corrected chi connectivity index (χ4v) is 1.97. The molecule has 0 unspecified atom stereocenters. The van der Waals surface area contributed by atoms with Crippen molar-refractivity contribution in [3.8, 4) is 5.75 Å². The third-order valence-corrected chi connectivity index (χ3v) is 3.23. The molecule has 4 nitrogen and oxygen atoms in total. The minimum absolute atomic E-state index is 0.0237. The van der Waals surface area contributed by atoms with Crippen LogP contribution in [0.5, 0.6) is 5.75 Å². The first-order chi connectivity index (χ1) is 8.52. The largest absolute Gasteiger partial charge is 0.508 e. The van der Waals surface area contributed by atoms with Gasteiger partial charge in [-0.1, -0.05) is 22.9 Å². The number of phenols is 1. The van der Waals surface area contributed by atoms with E-state index < -0.39 is 0 Å². The highest BCUT2D eigenvalue weighted by molar-refractivity contribution is 9.10. The second kappa shape index (κ2) is 7.38. The van der Waals surface area contributed by atoms with Gasteiger partial charge in [0, 0.05) is 17.6 Å². The predicted octanol–water partition coefficient (Wildman–Crippen LogP) is 2.11. The second-order valence-corrected chi connectivity index (χ2v) is 5.15. The number of nitrogens with zero attached hydrogens (tertiary/aromatic N) is 1. The van der Waals surface area contributed by atoms with Gasteiger partial charge in [-0.05, 0) is 37.2 Å². The molecule has 0 saturated carbocycles. The average Bonchev–Trinajstić information content (AvgIpc) is 2.31. The van der Waals surface area contributed by atoms with Crippen LogP contribution in [0.3, 0.4) is 0 Å². The van der Waals surface area contributed by atoms with Crippen LogP contribution in [-0.4, -0.2) is 36.1 Å². The Morgan fingerprint density at radius 2 is 2.22 bits per heavy atom. The number of rotatable bonds is 6. The Hall–Kier alpha value is -1.07. The summed E-state index contributed by atoms with van der Waals surface area (Å²) in [6.45, 7) is 3.69. The number of nitrogens with one attached hydrogen (secondary N) is 1. The summed E-state index contributed by atoms with van der Waals surface area (Å²) in [6, 6.07) is 5.13. The molecule has 0 atom stereocenters. The minimum Gasteiger partial charge on any atom is -0.508 e. The van der Waals surface area contributed by atoms with Crippen molar-refractivity contribution < 1.29 is 9.90 Å². The number of hydrogen-bond donors (Lipinski definition) is 2. The standard InChI is InChI=1S/C13H19BrN2O2/c1-3-6-15-13(18)9-16(2)8-10-7-11(17)4-5-12(10)14/h4-5,7,17H,3,6,8-9H2,1-2H3,(H,15,18). The molecule has 0 aliphatic rings. The Morgan fingerprint density at radius 3 is 2.89 bits per heavy atom. The van der Waals surface area contributed by atoms with Crippen molar-refractivity contribution in [3.63, 3.8) is 0 Å². The molecule has 0 heterocycles. The zero-order valence-electron chi connectivity index (χ0n) is 10.7. The maximum absolute atomic E-state index is 11.5. The Balaban J connectivity index is 2.51. The van der Waals surface area contributed by atoms with E-state index in [1.165, 1.54) is 0 Å². The smallest absolute Gasteiger partial charge is 0.234 e. The molecule has 0 spiro atoms. The number of benzene rings is 1. The van der Waals surface area contributed by atoms with Gasteiger partial charge in [0.2, 0.25) is 5.91 Å². The molecule has 100 valence electrons. The number of carbonyl (C=O) groups excluding carboxylic acids is 1. The highest BCUT2D eigenvalue weighted by Gasteiger charge is 2.09. The van der Waals surface area contributed by atoms with Crippen LogP contribution in [0, 0.1) is 0 Å². The normalized spacial score (nSPS) is 10.7. The molecule has 1 amide bonds. The lowest BCUT2D eigenvalue weighted by Gasteiger charge is -2.17. The summed E-state index contributed by atoms with van der Waals surface area (Å²) in [6.07, 6.45) is 0.938. The molecule has 0 aliphatic carbocycles. The third-order valence-electron chi connectivity index (χ3n) is 2.46. The van der Waals surface area contributed by atoms with Crippen LogP contribution in [0.2, 0.25) is 0 Å². The molecule has 2 N–H and O–H groups in total. The van der Waals surface area contributed by atoms with Gasteiger partial charge >= 0.3 is 0 Å². The van der Waals surface area contributed by atoms with Gasteiger partial charge in [0.25, 0.3) is 0 Å². The van der Waals surface area contributed by atoms with Crippen molar-refractivity contribution in [1.29, 1.82) is 0 Å². The molecule has 0 aromatic heterocycles. The zero-order chi connectivity index (χ0) is 13.5. The van der Waals surface area contributed by atoms with Gasteiger partial charge in [0.1, 0.15) is 5.75 Å². The summed E-state index contributed by atoms with van der Waals surface area (Å²) >= 11 is 3.43. The molecule has 0 aliphatic heterocycles. The SMILES string of the molecule is CCCNC(=O)CN(C)Cc1cc(O)ccc1Br. The van der Waals surface area contributed by atoms with Crippen molar-refractivity contribution in [2.45, 2.75) is 19.9 Å². The van der Waals surface area contributed by atoms with Gasteiger partial charge in [0.05, 0.1) is 6.54 Å². The maximum Gasteiger partial charge on any atom is 0.234 e. The predicted molar refractivity (Wildman–Crippen MR) is 75.4 cm³/mol. The molecular formula is C13H19BrN2O2. The van der Waals surface area contributed by atoms with Gasteiger partial charge in [-0.3, -0.25) is 9.69 Å². The van der Waals surface area contributed by atoms with E-state index in [1.54, 1.807) is 18.2 Å². The lowest BCUT2D eigenvalue weighted by atomic mass is 10.2. The number of carbonyl (C=O) groups is 1. The van der Waals surface area contributed by atoms with Crippen LogP contribution in [-0.2, 0) is 11.3 Å². The summed E-state index contributed by atoms with van der Waals surface area (Å²) in [5.41, 5.74) is 0.959. The van der Waals surface area contributed by atoms with Crippen LogP contribution < -0.4 is 5.32 Å². The molecule has 1 aromatic carbocycles. The molecule has 1 aromatic rings. The first-order valence-electron chi connectivity index (χ1n) is 5.95. The summed E-state index contributed by atoms with van der Waals surface area (Å²) < 4.78 is 0.932. The van der Waals surface area contributed by atoms with E-state index in [4.69, 9.17) is 0 Å². The Kier molecular flexibility index (Phi) is 6.15. The van der Waals surface area contributed by atoms with E-state index >= 15 is 0 Å². The van der Waals surface area contributed by atoms with E-state index in [9.17, 15) is 9.90 Å². The van der Waals surface area contributed by atoms with Crippen LogP contribution >= 0.6 is 15.9 Å². The molecule has 0 bridgehead atoms. The maximum atomic E-state index is 11.5. The van der Waals surface area contributed by atoms with Gasteiger partial charge in [-0.2, -0.15) is 0 Å². The molecular weight excluding hydrogens is 296 g/mol. The lowest BCUT2D eigenvalue weighted by molar-refractivity contribution is -0.122. The van der Waals surface area contributed by atoms with Crippen molar-refractivity contribution >= 4 is 21.8 Å². The fourth-order valence-electron chi connectivity index (χ4n) is 1.59. The van der Waals surface area contributed by atoms with Gasteiger partial charge in [-0.15, -0.1) is 0 Å². The number of amides is 1. The molecule has 1 rings (SSSR count). The monoisotopic (exact) mass is 314 g/mol. The Labute approximate surface area is 116 Å². The summed E-state index contributed by atoms with van der Waals surface area (Å²) in [4.78, 5) is 13.4. The minimum atomic E-state index is 0.0237. The fraction of sp³-hybridized carbons (Fsp3) is 0.462. The van der Waals surface area contributed by atoms with Crippen LogP contribution in [0.25, 0.3) is 0 Å². The van der Waals surface area contributed by atoms with Crippen LogP contribution in [0.15, 0.2) is 22.7 Å². The van der Waals surface area contributed by atoms with E-state index in [2.05, 4.69) is 21.2 Å². The van der Waals surface area contributed by atoms with Crippen LogP contribution in [0.4, 0.5) is 0 Å². The first-order valence-corrected chi connectivity index (χ1v) is 6.75. The quantitative estimate of drug-likeness (QED) is 0.845. The van der Waals surface area contributed by atoms with Crippen molar-refractivity contribution in [1.82, 2.24) is 10.2 Å². The molecule has 18 heavy (non-hydrogen) atoms. The van der Waals surface area contributed by atoms with Gasteiger partial charge < -0.3 is 10.4 Å². The highest BCUT2D eigenvalue weighted by Crippen LogP contribution is 2.22. The van der Waals surface area contributed by atoms with E-state index in [0.717, 1.165) is 16.5 Å². The van der Waals surface area contributed by atoms with E-state index in [-0.39, 0.29) is 11.7 Å². The van der Waals surface area contributed by atoms with Gasteiger partial charge in [-0.25, -0.2) is 0 Å². The molecule has 0 fully saturated rings. The van der Waals surface area contributed by atoms with Crippen molar-refractivity contribution in [3.05, 3.63) is 28.2 Å². The van der Waals surface area contributed by atoms with Crippen LogP contribution in [0.1, 0.15) is 18.9 Å². The molecule has 5 heteroatoms. The second-order valence-electron chi connectivity index (χ2n) is 4.30. The topological polar surface area (TPSA) is 52.6 Å². The first kappa shape index (κ1) is 15.0. The summed E-state index contributed by atoms with van der Waals surface area (Å²) in [5, 5.41) is 12.3. The molecule has 0 radical (unpaired) electrons. The Morgan fingerprint density at radius 1 is 1.50 bits per heavy atom. The van der Waals surface area contributed by atoms with Gasteiger partial charge in [0.15, 0.2) is 0 Å². The third kappa shape index (κ3) is 5.06. The van der Waals surface area contributed by atoms with Crippen molar-refractivity contribution in [2.75, 3.05) is 20.1 Å².